The van der Waals surface area contributed by atoms with Crippen LogP contribution in [0.3, 0.4) is 0 Å². The molecule has 0 bridgehead atoms. The highest BCUT2D eigenvalue weighted by Gasteiger charge is 2.08. The molecule has 0 aliphatic heterocycles. The number of rotatable bonds is 1. The quantitative estimate of drug-likeness (QED) is 0.822. The summed E-state index contributed by atoms with van der Waals surface area (Å²) in [5, 5.41) is 0.901. The van der Waals surface area contributed by atoms with E-state index in [1.165, 1.54) is 6.20 Å². The molecule has 1 heterocycles. The fourth-order valence-corrected chi connectivity index (χ4v) is 1.82. The van der Waals surface area contributed by atoms with Gasteiger partial charge in [-0.25, -0.2) is 4.98 Å². The molecule has 0 saturated carbocycles. The Morgan fingerprint density at radius 3 is 2.62 bits per heavy atom. The molecule has 0 aliphatic carbocycles. The van der Waals surface area contributed by atoms with Crippen molar-refractivity contribution in [3.63, 3.8) is 0 Å². The van der Waals surface area contributed by atoms with Crippen molar-refractivity contribution in [2.45, 2.75) is 0 Å². The van der Waals surface area contributed by atoms with E-state index >= 15 is 0 Å². The third kappa shape index (κ3) is 2.03. The van der Waals surface area contributed by atoms with Crippen LogP contribution < -0.4 is 11.3 Å². The number of benzene rings is 1. The number of hydrogen-bond donors (Lipinski definition) is 2. The van der Waals surface area contributed by atoms with Crippen LogP contribution in [-0.4, -0.2) is 9.97 Å². The minimum Gasteiger partial charge on any atom is -0.369 e. The van der Waals surface area contributed by atoms with Gasteiger partial charge in [-0.15, -0.1) is 0 Å². The zero-order chi connectivity index (χ0) is 11.7. The van der Waals surface area contributed by atoms with Gasteiger partial charge in [-0.05, 0) is 12.1 Å². The van der Waals surface area contributed by atoms with E-state index in [9.17, 15) is 4.79 Å². The molecule has 82 valence electrons. The number of nitrogen functional groups attached to an aromatic ring is 1. The van der Waals surface area contributed by atoms with E-state index in [1.807, 2.05) is 0 Å². The normalized spacial score (nSPS) is 10.4. The Kier molecular flexibility index (Phi) is 2.85. The number of aromatic nitrogens is 2. The van der Waals surface area contributed by atoms with Gasteiger partial charge in [-0.2, -0.15) is 0 Å². The van der Waals surface area contributed by atoms with Crippen LogP contribution in [0.5, 0.6) is 0 Å². The van der Waals surface area contributed by atoms with Crippen LogP contribution in [0.25, 0.3) is 11.1 Å². The van der Waals surface area contributed by atoms with E-state index < -0.39 is 0 Å². The fourth-order valence-electron chi connectivity index (χ4n) is 1.31. The maximum Gasteiger partial charge on any atom is 0.260 e. The van der Waals surface area contributed by atoms with Crippen molar-refractivity contribution in [1.29, 1.82) is 0 Å². The van der Waals surface area contributed by atoms with Gasteiger partial charge in [0, 0.05) is 16.8 Å². The molecule has 0 amide bonds. The second-order valence-electron chi connectivity index (χ2n) is 3.14. The summed E-state index contributed by atoms with van der Waals surface area (Å²) >= 11 is 11.7. The Hall–Kier alpha value is -1.52. The first-order valence-corrected chi connectivity index (χ1v) is 5.14. The molecule has 0 unspecified atom stereocenters. The molecule has 0 fully saturated rings. The fraction of sp³-hybridized carbons (Fsp3) is 0. The molecule has 0 spiro atoms. The van der Waals surface area contributed by atoms with E-state index in [0.717, 1.165) is 0 Å². The summed E-state index contributed by atoms with van der Waals surface area (Å²) in [5.74, 6) is 0.0684. The van der Waals surface area contributed by atoms with Crippen LogP contribution >= 0.6 is 23.2 Å². The average Bonchev–Trinajstić information content (AvgIpc) is 2.19. The first-order valence-electron chi connectivity index (χ1n) is 4.38. The second-order valence-corrected chi connectivity index (χ2v) is 3.98. The largest absolute Gasteiger partial charge is 0.369 e. The number of nitrogens with zero attached hydrogens (tertiary/aromatic N) is 1. The molecule has 1 aromatic carbocycles. The van der Waals surface area contributed by atoms with Crippen molar-refractivity contribution in [2.75, 3.05) is 5.73 Å². The molecule has 16 heavy (non-hydrogen) atoms. The highest BCUT2D eigenvalue weighted by Crippen LogP contribution is 2.27. The summed E-state index contributed by atoms with van der Waals surface area (Å²) in [6, 6.07) is 4.87. The first-order chi connectivity index (χ1) is 7.58. The molecular formula is C10H7Cl2N3O. The van der Waals surface area contributed by atoms with E-state index in [-0.39, 0.29) is 11.5 Å². The van der Waals surface area contributed by atoms with Crippen molar-refractivity contribution in [1.82, 2.24) is 9.97 Å². The van der Waals surface area contributed by atoms with Crippen LogP contribution in [0.15, 0.2) is 29.2 Å². The Balaban J connectivity index is 2.63. The van der Waals surface area contributed by atoms with Gasteiger partial charge in [-0.1, -0.05) is 29.3 Å². The summed E-state index contributed by atoms with van der Waals surface area (Å²) in [7, 11) is 0. The number of anilines is 1. The van der Waals surface area contributed by atoms with Crippen molar-refractivity contribution in [3.05, 3.63) is 44.8 Å². The number of halogens is 2. The minimum atomic E-state index is -0.336. The van der Waals surface area contributed by atoms with E-state index in [2.05, 4.69) is 9.97 Å². The Bertz CT molecular complexity index is 595. The number of aromatic amines is 1. The predicted molar refractivity (Wildman–Crippen MR) is 64.7 cm³/mol. The van der Waals surface area contributed by atoms with E-state index in [4.69, 9.17) is 28.9 Å². The standard InChI is InChI=1S/C10H7Cl2N3O/c11-5-1-2-6(8(12)3-5)7-4-14-10(13)15-9(7)16/h1-4H,(H3,13,14,15,16). The molecule has 1 aromatic heterocycles. The smallest absolute Gasteiger partial charge is 0.260 e. The number of nitrogens with two attached hydrogens (primary N) is 1. The Labute approximate surface area is 101 Å². The van der Waals surface area contributed by atoms with Gasteiger partial charge in [0.15, 0.2) is 5.95 Å². The van der Waals surface area contributed by atoms with Crippen LogP contribution in [0, 0.1) is 0 Å². The SMILES string of the molecule is Nc1ncc(-c2ccc(Cl)cc2Cl)c(=O)[nH]1. The van der Waals surface area contributed by atoms with Gasteiger partial charge in [0.2, 0.25) is 0 Å². The highest BCUT2D eigenvalue weighted by molar-refractivity contribution is 6.36. The molecule has 6 heteroatoms. The minimum absolute atomic E-state index is 0.0684. The first kappa shape index (κ1) is 11.0. The number of H-pyrrole nitrogens is 1. The summed E-state index contributed by atoms with van der Waals surface area (Å²) in [4.78, 5) is 17.8. The second kappa shape index (κ2) is 4.15. The van der Waals surface area contributed by atoms with Crippen molar-refractivity contribution in [3.8, 4) is 11.1 Å². The number of nitrogens with one attached hydrogen (secondary N) is 1. The lowest BCUT2D eigenvalue weighted by molar-refractivity contribution is 1.14. The molecular weight excluding hydrogens is 249 g/mol. The molecule has 2 aromatic rings. The summed E-state index contributed by atoms with van der Waals surface area (Å²) in [6.07, 6.45) is 1.38. The Morgan fingerprint density at radius 2 is 2.00 bits per heavy atom. The molecule has 3 N–H and O–H groups in total. The summed E-state index contributed by atoms with van der Waals surface area (Å²) in [5.41, 5.74) is 5.94. The van der Waals surface area contributed by atoms with E-state index in [1.54, 1.807) is 18.2 Å². The summed E-state index contributed by atoms with van der Waals surface area (Å²) in [6.45, 7) is 0. The highest BCUT2D eigenvalue weighted by atomic mass is 35.5. The zero-order valence-electron chi connectivity index (χ0n) is 8.00. The van der Waals surface area contributed by atoms with Crippen LogP contribution in [0.1, 0.15) is 0 Å². The lowest BCUT2D eigenvalue weighted by Crippen LogP contribution is -2.12. The molecule has 0 saturated heterocycles. The molecule has 4 nitrogen and oxygen atoms in total. The molecule has 0 aliphatic rings. The van der Waals surface area contributed by atoms with Crippen molar-refractivity contribution >= 4 is 29.2 Å². The van der Waals surface area contributed by atoms with E-state index in [0.29, 0.717) is 21.2 Å². The van der Waals surface area contributed by atoms with Crippen LogP contribution in [-0.2, 0) is 0 Å². The van der Waals surface area contributed by atoms with Gasteiger partial charge in [0.1, 0.15) is 0 Å². The molecule has 0 radical (unpaired) electrons. The molecule has 2 rings (SSSR count). The zero-order valence-corrected chi connectivity index (χ0v) is 9.51. The Morgan fingerprint density at radius 1 is 1.25 bits per heavy atom. The van der Waals surface area contributed by atoms with Crippen LogP contribution in [0.4, 0.5) is 5.95 Å². The van der Waals surface area contributed by atoms with Gasteiger partial charge in [0.05, 0.1) is 10.6 Å². The topological polar surface area (TPSA) is 71.8 Å². The maximum absolute atomic E-state index is 11.6. The van der Waals surface area contributed by atoms with Crippen molar-refractivity contribution in [2.24, 2.45) is 0 Å². The monoisotopic (exact) mass is 255 g/mol. The van der Waals surface area contributed by atoms with Gasteiger partial charge < -0.3 is 5.73 Å². The van der Waals surface area contributed by atoms with Crippen LogP contribution in [0.2, 0.25) is 10.0 Å². The lowest BCUT2D eigenvalue weighted by Gasteiger charge is -2.03. The average molecular weight is 256 g/mol. The molecule has 0 atom stereocenters. The third-order valence-corrected chi connectivity index (χ3v) is 2.59. The van der Waals surface area contributed by atoms with Crippen molar-refractivity contribution < 1.29 is 0 Å². The predicted octanol–water partition coefficient (Wildman–Crippen LogP) is 2.33. The van der Waals surface area contributed by atoms with Gasteiger partial charge >= 0.3 is 0 Å². The summed E-state index contributed by atoms with van der Waals surface area (Å²) < 4.78 is 0. The van der Waals surface area contributed by atoms with Gasteiger partial charge in [-0.3, -0.25) is 9.78 Å². The lowest BCUT2D eigenvalue weighted by atomic mass is 10.1. The third-order valence-electron chi connectivity index (χ3n) is 2.04. The number of hydrogen-bond acceptors (Lipinski definition) is 3. The maximum atomic E-state index is 11.6. The van der Waals surface area contributed by atoms with Gasteiger partial charge in [0.25, 0.3) is 5.56 Å².